The van der Waals surface area contributed by atoms with Crippen LogP contribution in [-0.4, -0.2) is 24.6 Å². The third-order valence-corrected chi connectivity index (χ3v) is 6.23. The van der Waals surface area contributed by atoms with E-state index < -0.39 is 10.8 Å². The molecule has 0 bridgehead atoms. The van der Waals surface area contributed by atoms with Crippen LogP contribution < -0.4 is 9.47 Å². The van der Waals surface area contributed by atoms with Crippen molar-refractivity contribution in [3.05, 3.63) is 83.9 Å². The van der Waals surface area contributed by atoms with Crippen molar-refractivity contribution in [1.82, 2.24) is 0 Å². The maximum absolute atomic E-state index is 13.4. The smallest absolute Gasteiger partial charge is 0.199 e. The summed E-state index contributed by atoms with van der Waals surface area (Å²) in [6.07, 6.45) is 0. The van der Waals surface area contributed by atoms with E-state index in [1.54, 1.807) is 56.7 Å². The van der Waals surface area contributed by atoms with Gasteiger partial charge in [0, 0.05) is 17.2 Å². The van der Waals surface area contributed by atoms with Crippen molar-refractivity contribution in [2.24, 2.45) is 0 Å². The molecule has 5 heteroatoms. The van der Waals surface area contributed by atoms with Gasteiger partial charge in [-0.15, -0.1) is 0 Å². The molecule has 4 aromatic rings. The molecular formula is C23H18O4S. The maximum Gasteiger partial charge on any atom is 0.199 e. The molecule has 0 N–H and O–H groups in total. The Morgan fingerprint density at radius 1 is 0.857 bits per heavy atom. The molecular weight excluding hydrogens is 372 g/mol. The van der Waals surface area contributed by atoms with E-state index in [2.05, 4.69) is 0 Å². The monoisotopic (exact) mass is 390 g/mol. The number of carbonyl (C=O) groups excluding carboxylic acids is 1. The molecule has 0 saturated heterocycles. The maximum atomic E-state index is 13.4. The SMILES string of the molecule is COc1ccc(C(=O)c2c(-c3ccccc3)[s+]([O-])c3cc(OC)ccc23)cc1. The molecule has 4 nitrogen and oxygen atoms in total. The Balaban J connectivity index is 1.98. The zero-order valence-electron chi connectivity index (χ0n) is 15.5. The van der Waals surface area contributed by atoms with Gasteiger partial charge >= 0.3 is 0 Å². The van der Waals surface area contributed by atoms with Gasteiger partial charge in [-0.3, -0.25) is 4.79 Å². The van der Waals surface area contributed by atoms with Crippen molar-refractivity contribution < 1.29 is 18.8 Å². The second-order valence-corrected chi connectivity index (χ2v) is 7.64. The molecule has 0 aliphatic carbocycles. The highest BCUT2D eigenvalue weighted by Crippen LogP contribution is 2.46. The van der Waals surface area contributed by atoms with Crippen LogP contribution in [0.25, 0.3) is 20.5 Å². The third-order valence-electron chi connectivity index (χ3n) is 4.69. The highest BCUT2D eigenvalue weighted by molar-refractivity contribution is 7.35. The van der Waals surface area contributed by atoms with E-state index in [0.29, 0.717) is 37.6 Å². The van der Waals surface area contributed by atoms with Crippen LogP contribution in [0.1, 0.15) is 15.9 Å². The zero-order valence-corrected chi connectivity index (χ0v) is 16.3. The van der Waals surface area contributed by atoms with Crippen molar-refractivity contribution in [2.75, 3.05) is 14.2 Å². The van der Waals surface area contributed by atoms with E-state index in [0.717, 1.165) is 5.56 Å². The van der Waals surface area contributed by atoms with Gasteiger partial charge in [0.05, 0.1) is 25.2 Å². The Kier molecular flexibility index (Phi) is 4.86. The molecule has 140 valence electrons. The number of hydrogen-bond donors (Lipinski definition) is 0. The van der Waals surface area contributed by atoms with Crippen LogP contribution in [0.2, 0.25) is 0 Å². The first-order valence-electron chi connectivity index (χ1n) is 8.72. The molecule has 0 aliphatic rings. The molecule has 0 spiro atoms. The van der Waals surface area contributed by atoms with Crippen LogP contribution in [-0.2, 0) is 0 Å². The first kappa shape index (κ1) is 18.2. The second-order valence-electron chi connectivity index (χ2n) is 6.26. The van der Waals surface area contributed by atoms with Crippen LogP contribution in [0, 0.1) is 0 Å². The highest BCUT2D eigenvalue weighted by Gasteiger charge is 2.29. The van der Waals surface area contributed by atoms with Gasteiger partial charge in [0.2, 0.25) is 0 Å². The van der Waals surface area contributed by atoms with Crippen molar-refractivity contribution in [3.8, 4) is 21.9 Å². The Morgan fingerprint density at radius 2 is 1.50 bits per heavy atom. The van der Waals surface area contributed by atoms with Crippen LogP contribution >= 0.6 is 10.8 Å². The third kappa shape index (κ3) is 3.05. The Morgan fingerprint density at radius 3 is 2.14 bits per heavy atom. The molecule has 0 amide bonds. The number of carbonyl (C=O) groups is 1. The van der Waals surface area contributed by atoms with Crippen LogP contribution in [0.4, 0.5) is 0 Å². The molecule has 1 aromatic heterocycles. The molecule has 4 rings (SSSR count). The number of fused-ring (bicyclic) bond motifs is 1. The number of rotatable bonds is 5. The number of methoxy groups -OCH3 is 2. The number of ether oxygens (including phenoxy) is 2. The Bertz CT molecular complexity index is 1140. The first-order valence-corrected chi connectivity index (χ1v) is 9.87. The topological polar surface area (TPSA) is 58.6 Å². The summed E-state index contributed by atoms with van der Waals surface area (Å²) >= 11 is 0. The van der Waals surface area contributed by atoms with E-state index in [9.17, 15) is 9.35 Å². The first-order chi connectivity index (χ1) is 13.6. The van der Waals surface area contributed by atoms with Gasteiger partial charge in [-0.25, -0.2) is 0 Å². The van der Waals surface area contributed by atoms with E-state index >= 15 is 0 Å². The summed E-state index contributed by atoms with van der Waals surface area (Å²) in [6, 6.07) is 21.7. The lowest BCUT2D eigenvalue weighted by Gasteiger charge is -2.05. The van der Waals surface area contributed by atoms with Crippen molar-refractivity contribution >= 4 is 26.6 Å². The summed E-state index contributed by atoms with van der Waals surface area (Å²) in [5.41, 5.74) is 1.75. The lowest BCUT2D eigenvalue weighted by Crippen LogP contribution is -2.02. The van der Waals surface area contributed by atoms with Gasteiger partial charge in [-0.05, 0) is 59.3 Å². The van der Waals surface area contributed by atoms with E-state index in [1.165, 1.54) is 0 Å². The van der Waals surface area contributed by atoms with Gasteiger partial charge in [0.25, 0.3) is 0 Å². The van der Waals surface area contributed by atoms with Crippen LogP contribution in [0.5, 0.6) is 11.5 Å². The minimum absolute atomic E-state index is 0.168. The average molecular weight is 390 g/mol. The fourth-order valence-electron chi connectivity index (χ4n) is 3.27. The van der Waals surface area contributed by atoms with Crippen LogP contribution in [0.15, 0.2) is 72.8 Å². The number of thiophene rings is 1. The lowest BCUT2D eigenvalue weighted by molar-refractivity contribution is 0.104. The summed E-state index contributed by atoms with van der Waals surface area (Å²) in [5, 5.41) is 0.679. The van der Waals surface area contributed by atoms with Gasteiger partial charge in [0.1, 0.15) is 11.5 Å². The lowest BCUT2D eigenvalue weighted by atomic mass is 9.97. The van der Waals surface area contributed by atoms with Gasteiger partial charge in [-0.2, -0.15) is 0 Å². The van der Waals surface area contributed by atoms with E-state index in [-0.39, 0.29) is 5.78 Å². The summed E-state index contributed by atoms with van der Waals surface area (Å²) < 4.78 is 24.4. The van der Waals surface area contributed by atoms with Gasteiger partial charge < -0.3 is 14.0 Å². The highest BCUT2D eigenvalue weighted by atomic mass is 32.2. The summed E-state index contributed by atoms with van der Waals surface area (Å²) in [4.78, 5) is 14.0. The Hall–Kier alpha value is -3.15. The molecule has 3 aromatic carbocycles. The molecule has 1 unspecified atom stereocenters. The molecule has 1 atom stereocenters. The summed E-state index contributed by atoms with van der Waals surface area (Å²) in [5.74, 6) is 1.12. The number of benzene rings is 3. The van der Waals surface area contributed by atoms with E-state index in [4.69, 9.17) is 9.47 Å². The second kappa shape index (κ2) is 7.46. The number of ketones is 1. The zero-order chi connectivity index (χ0) is 19.7. The summed E-state index contributed by atoms with van der Waals surface area (Å²) in [7, 11) is 1.67. The fourth-order valence-corrected chi connectivity index (χ4v) is 4.82. The van der Waals surface area contributed by atoms with Crippen molar-refractivity contribution in [1.29, 1.82) is 0 Å². The normalized spacial score (nSPS) is 11.5. The summed E-state index contributed by atoms with van der Waals surface area (Å²) in [6.45, 7) is 0. The average Bonchev–Trinajstić information content (AvgIpc) is 3.05. The molecule has 0 saturated carbocycles. The van der Waals surface area contributed by atoms with Gasteiger partial charge in [0.15, 0.2) is 15.4 Å². The van der Waals surface area contributed by atoms with Crippen molar-refractivity contribution in [3.63, 3.8) is 0 Å². The quantitative estimate of drug-likeness (QED) is 0.334. The minimum atomic E-state index is -1.47. The standard InChI is InChI=1S/C23H18O4S/c1-26-17-10-8-15(9-11-17)22(24)21-19-13-12-18(27-2)14-20(19)28(25)23(21)16-6-4-3-5-7-16/h3-14H,1-2H3. The molecule has 0 radical (unpaired) electrons. The minimum Gasteiger partial charge on any atom is -0.590 e. The molecule has 0 aliphatic heterocycles. The Labute approximate surface area is 165 Å². The predicted octanol–water partition coefficient (Wildman–Crippen LogP) is 5.48. The molecule has 1 heterocycles. The molecule has 28 heavy (non-hydrogen) atoms. The number of hydrogen-bond acceptors (Lipinski definition) is 4. The predicted molar refractivity (Wildman–Crippen MR) is 111 cm³/mol. The van der Waals surface area contributed by atoms with Gasteiger partial charge in [-0.1, -0.05) is 18.2 Å². The van der Waals surface area contributed by atoms with Crippen LogP contribution in [0.3, 0.4) is 0 Å². The van der Waals surface area contributed by atoms with E-state index in [1.807, 2.05) is 30.3 Å². The molecule has 0 fully saturated rings. The van der Waals surface area contributed by atoms with Crippen molar-refractivity contribution in [2.45, 2.75) is 0 Å². The fraction of sp³-hybridized carbons (Fsp3) is 0.0870. The largest absolute Gasteiger partial charge is 0.590 e.